The van der Waals surface area contributed by atoms with Crippen LogP contribution in [0.5, 0.6) is 0 Å². The lowest BCUT2D eigenvalue weighted by molar-refractivity contribution is -0.135. The topological polar surface area (TPSA) is 108 Å². The summed E-state index contributed by atoms with van der Waals surface area (Å²) in [5.41, 5.74) is 0.838. The molecule has 4 rings (SSSR count). The Morgan fingerprint density at radius 2 is 1.06 bits per heavy atom. The molecule has 8 heteroatoms. The maximum atomic E-state index is 12.7. The van der Waals surface area contributed by atoms with E-state index < -0.39 is 42.5 Å². The van der Waals surface area contributed by atoms with E-state index in [1.165, 1.54) is 0 Å². The first-order chi connectivity index (χ1) is 16.5. The minimum absolute atomic E-state index is 0.252. The highest BCUT2D eigenvalue weighted by atomic mass is 16.7. The van der Waals surface area contributed by atoms with Crippen LogP contribution in [-0.4, -0.2) is 54.2 Å². The van der Waals surface area contributed by atoms with Gasteiger partial charge in [0.1, 0.15) is 12.7 Å². The number of esters is 3. The lowest BCUT2D eigenvalue weighted by Gasteiger charge is -2.23. The van der Waals surface area contributed by atoms with E-state index in [0.29, 0.717) is 5.56 Å². The molecule has 1 N–H and O–H groups in total. The van der Waals surface area contributed by atoms with Gasteiger partial charge in [0.05, 0.1) is 16.7 Å². The van der Waals surface area contributed by atoms with Crippen LogP contribution in [0.1, 0.15) is 31.1 Å². The van der Waals surface area contributed by atoms with E-state index in [1.807, 2.05) is 0 Å². The Labute approximate surface area is 195 Å². The molecule has 0 saturated carbocycles. The van der Waals surface area contributed by atoms with Gasteiger partial charge in [0.25, 0.3) is 0 Å². The van der Waals surface area contributed by atoms with E-state index in [4.69, 9.17) is 18.9 Å². The molecule has 0 spiro atoms. The SMILES string of the molecule is O=C(OC[C@H]1O[C@H](O)[C@H](OC(=O)c2ccccc2)[C@H]1OC(=O)c1ccccc1)c1ccccc1. The average molecular weight is 462 g/mol. The first-order valence-electron chi connectivity index (χ1n) is 10.6. The van der Waals surface area contributed by atoms with Crippen molar-refractivity contribution in [2.45, 2.75) is 24.6 Å². The van der Waals surface area contributed by atoms with Gasteiger partial charge >= 0.3 is 17.9 Å². The van der Waals surface area contributed by atoms with E-state index in [-0.39, 0.29) is 17.7 Å². The molecular weight excluding hydrogens is 440 g/mol. The van der Waals surface area contributed by atoms with Crippen molar-refractivity contribution < 1.29 is 38.4 Å². The molecule has 1 saturated heterocycles. The van der Waals surface area contributed by atoms with Gasteiger partial charge in [-0.25, -0.2) is 14.4 Å². The third kappa shape index (κ3) is 5.48. The predicted octanol–water partition coefficient (Wildman–Crippen LogP) is 3.01. The number of hydrogen-bond acceptors (Lipinski definition) is 8. The number of carbonyl (C=O) groups is 3. The number of benzene rings is 3. The molecule has 0 aromatic heterocycles. The number of hydrogen-bond donors (Lipinski definition) is 1. The number of ether oxygens (including phenoxy) is 4. The van der Waals surface area contributed by atoms with Crippen LogP contribution in [0.3, 0.4) is 0 Å². The summed E-state index contributed by atoms with van der Waals surface area (Å²) in [4.78, 5) is 37.6. The summed E-state index contributed by atoms with van der Waals surface area (Å²) in [7, 11) is 0. The number of aliphatic hydroxyl groups excluding tert-OH is 1. The van der Waals surface area contributed by atoms with Crippen molar-refractivity contribution in [3.8, 4) is 0 Å². The Hall–Kier alpha value is -4.01. The molecule has 0 unspecified atom stereocenters. The largest absolute Gasteiger partial charge is 0.459 e. The van der Waals surface area contributed by atoms with Gasteiger partial charge in [0.15, 0.2) is 18.5 Å². The van der Waals surface area contributed by atoms with Gasteiger partial charge in [-0.2, -0.15) is 0 Å². The molecule has 8 nitrogen and oxygen atoms in total. The van der Waals surface area contributed by atoms with Gasteiger partial charge in [-0.3, -0.25) is 0 Å². The number of rotatable bonds is 7. The molecule has 34 heavy (non-hydrogen) atoms. The minimum Gasteiger partial charge on any atom is -0.459 e. The van der Waals surface area contributed by atoms with Crippen molar-refractivity contribution in [3.05, 3.63) is 108 Å². The first-order valence-corrected chi connectivity index (χ1v) is 10.6. The monoisotopic (exact) mass is 462 g/mol. The second kappa shape index (κ2) is 10.7. The number of aliphatic hydroxyl groups is 1. The molecule has 0 bridgehead atoms. The van der Waals surface area contributed by atoms with Gasteiger partial charge in [-0.05, 0) is 36.4 Å². The Balaban J connectivity index is 1.51. The van der Waals surface area contributed by atoms with Crippen LogP contribution in [-0.2, 0) is 18.9 Å². The van der Waals surface area contributed by atoms with Gasteiger partial charge in [0, 0.05) is 0 Å². The van der Waals surface area contributed by atoms with Crippen LogP contribution in [0.25, 0.3) is 0 Å². The summed E-state index contributed by atoms with van der Waals surface area (Å²) in [5.74, 6) is -2.05. The van der Waals surface area contributed by atoms with Crippen LogP contribution >= 0.6 is 0 Å². The Kier molecular flexibility index (Phi) is 7.31. The second-order valence-corrected chi connectivity index (χ2v) is 7.50. The fourth-order valence-corrected chi connectivity index (χ4v) is 3.46. The Morgan fingerprint density at radius 3 is 1.53 bits per heavy atom. The van der Waals surface area contributed by atoms with Crippen molar-refractivity contribution in [2.24, 2.45) is 0 Å². The van der Waals surface area contributed by atoms with Crippen molar-refractivity contribution in [1.29, 1.82) is 0 Å². The second-order valence-electron chi connectivity index (χ2n) is 7.50. The van der Waals surface area contributed by atoms with Crippen molar-refractivity contribution in [1.82, 2.24) is 0 Å². The molecule has 0 amide bonds. The fourth-order valence-electron chi connectivity index (χ4n) is 3.46. The molecule has 1 aliphatic heterocycles. The van der Waals surface area contributed by atoms with Crippen molar-refractivity contribution in [2.75, 3.05) is 6.61 Å². The smallest absolute Gasteiger partial charge is 0.338 e. The standard InChI is InChI=1S/C26H22O8/c27-23(17-10-4-1-5-11-17)31-16-20-21(33-24(28)18-12-6-2-7-13-18)22(26(30)32-20)34-25(29)19-14-8-3-9-15-19/h1-15,20-22,26,30H,16H2/t20-,21+,22-,26+/m1/s1. The third-order valence-corrected chi connectivity index (χ3v) is 5.18. The van der Waals surface area contributed by atoms with E-state index >= 15 is 0 Å². The molecule has 174 valence electrons. The summed E-state index contributed by atoms with van der Waals surface area (Å²) < 4.78 is 21.8. The molecule has 1 aliphatic rings. The zero-order valence-corrected chi connectivity index (χ0v) is 18.0. The van der Waals surface area contributed by atoms with Gasteiger partial charge < -0.3 is 24.1 Å². The summed E-state index contributed by atoms with van der Waals surface area (Å²) >= 11 is 0. The first kappa shape index (κ1) is 23.2. The summed E-state index contributed by atoms with van der Waals surface area (Å²) in [5, 5.41) is 10.5. The van der Waals surface area contributed by atoms with Gasteiger partial charge in [0.2, 0.25) is 0 Å². The molecule has 3 aromatic rings. The Morgan fingerprint density at radius 1 is 0.647 bits per heavy atom. The van der Waals surface area contributed by atoms with Gasteiger partial charge in [-0.15, -0.1) is 0 Å². The predicted molar refractivity (Wildman–Crippen MR) is 119 cm³/mol. The molecular formula is C26H22O8. The van der Waals surface area contributed by atoms with Crippen LogP contribution < -0.4 is 0 Å². The van der Waals surface area contributed by atoms with Crippen molar-refractivity contribution in [3.63, 3.8) is 0 Å². The van der Waals surface area contributed by atoms with E-state index in [1.54, 1.807) is 91.0 Å². The third-order valence-electron chi connectivity index (χ3n) is 5.18. The lowest BCUT2D eigenvalue weighted by Crippen LogP contribution is -2.42. The zero-order chi connectivity index (χ0) is 23.9. The lowest BCUT2D eigenvalue weighted by atomic mass is 10.1. The minimum atomic E-state index is -1.60. The van der Waals surface area contributed by atoms with Crippen LogP contribution in [0.15, 0.2) is 91.0 Å². The van der Waals surface area contributed by atoms with Crippen molar-refractivity contribution >= 4 is 17.9 Å². The highest BCUT2D eigenvalue weighted by molar-refractivity contribution is 5.90. The summed E-state index contributed by atoms with van der Waals surface area (Å²) in [6, 6.07) is 24.7. The normalized spacial score (nSPS) is 21.4. The van der Waals surface area contributed by atoms with Crippen LogP contribution in [0.2, 0.25) is 0 Å². The molecule has 1 fully saturated rings. The molecule has 4 atom stereocenters. The van der Waals surface area contributed by atoms with E-state index in [9.17, 15) is 19.5 Å². The maximum absolute atomic E-state index is 12.7. The highest BCUT2D eigenvalue weighted by Gasteiger charge is 2.50. The molecule has 0 aliphatic carbocycles. The van der Waals surface area contributed by atoms with Crippen LogP contribution in [0.4, 0.5) is 0 Å². The maximum Gasteiger partial charge on any atom is 0.338 e. The highest BCUT2D eigenvalue weighted by Crippen LogP contribution is 2.28. The van der Waals surface area contributed by atoms with Gasteiger partial charge in [-0.1, -0.05) is 54.6 Å². The molecule has 1 heterocycles. The molecule has 0 radical (unpaired) electrons. The Bertz CT molecular complexity index is 1120. The quantitative estimate of drug-likeness (QED) is 0.422. The molecule has 3 aromatic carbocycles. The fraction of sp³-hybridized carbons (Fsp3) is 0.192. The summed E-state index contributed by atoms with van der Waals surface area (Å²) in [6.45, 7) is -0.336. The van der Waals surface area contributed by atoms with Crippen LogP contribution in [0, 0.1) is 0 Å². The van der Waals surface area contributed by atoms with E-state index in [0.717, 1.165) is 0 Å². The number of carbonyl (C=O) groups excluding carboxylic acids is 3. The average Bonchev–Trinajstić information content (AvgIpc) is 3.17. The van der Waals surface area contributed by atoms with E-state index in [2.05, 4.69) is 0 Å². The summed E-state index contributed by atoms with van der Waals surface area (Å²) in [6.07, 6.45) is -5.22. The zero-order valence-electron chi connectivity index (χ0n) is 18.0.